The van der Waals surface area contributed by atoms with E-state index in [9.17, 15) is 19.0 Å². The second kappa shape index (κ2) is 54.7. The highest BCUT2D eigenvalue weighted by Crippen LogP contribution is 2.38. The molecule has 0 aliphatic rings. The molecule has 0 aromatic carbocycles. The predicted octanol–water partition coefficient (Wildman–Crippen LogP) is 18.2. The van der Waals surface area contributed by atoms with Gasteiger partial charge in [0.05, 0.1) is 27.7 Å². The zero-order valence-electron chi connectivity index (χ0n) is 48.3. The van der Waals surface area contributed by atoms with E-state index in [1.165, 1.54) is 96.3 Å². The number of carbonyl (C=O) groups excluding carboxylic acids is 2. The number of ether oxygens (including phenoxy) is 2. The smallest absolute Gasteiger partial charge is 0.306 e. The lowest BCUT2D eigenvalue weighted by Crippen LogP contribution is -2.37. The van der Waals surface area contributed by atoms with Crippen molar-refractivity contribution in [1.29, 1.82) is 0 Å². The molecule has 0 saturated heterocycles. The lowest BCUT2D eigenvalue weighted by atomic mass is 10.0. The first kappa shape index (κ1) is 70.9. The summed E-state index contributed by atoms with van der Waals surface area (Å²) in [5.74, 6) is -0.848. The molecule has 2 atom stereocenters. The number of esters is 2. The molecule has 0 aromatic rings. The molecule has 0 aliphatic carbocycles. The van der Waals surface area contributed by atoms with Crippen molar-refractivity contribution in [2.75, 3.05) is 47.5 Å². The summed E-state index contributed by atoms with van der Waals surface area (Å²) in [6.45, 7) is 4.01. The Labute approximate surface area is 455 Å². The summed E-state index contributed by atoms with van der Waals surface area (Å²) in [7, 11) is 1.15. The zero-order chi connectivity index (χ0) is 54.2. The maximum atomic E-state index is 12.8. The molecule has 2 unspecified atom stereocenters. The van der Waals surface area contributed by atoms with Gasteiger partial charge in [-0.3, -0.25) is 14.2 Å². The van der Waals surface area contributed by atoms with Crippen molar-refractivity contribution in [2.45, 2.75) is 251 Å². The van der Waals surface area contributed by atoms with E-state index in [-0.39, 0.29) is 26.1 Å². The second-order valence-electron chi connectivity index (χ2n) is 20.9. The topological polar surface area (TPSA) is 111 Å². The molecule has 74 heavy (non-hydrogen) atoms. The van der Waals surface area contributed by atoms with Crippen molar-refractivity contribution in [1.82, 2.24) is 0 Å². The Morgan fingerprint density at radius 1 is 0.419 bits per heavy atom. The van der Waals surface area contributed by atoms with Crippen LogP contribution in [0.4, 0.5) is 0 Å². The molecule has 0 aliphatic heterocycles. The van der Waals surface area contributed by atoms with Crippen LogP contribution in [-0.2, 0) is 32.7 Å². The largest absolute Gasteiger partial charge is 0.756 e. The van der Waals surface area contributed by atoms with E-state index in [0.29, 0.717) is 23.9 Å². The molecule has 9 nitrogen and oxygen atoms in total. The molecule has 0 N–H and O–H groups in total. The van der Waals surface area contributed by atoms with Gasteiger partial charge in [-0.15, -0.1) is 0 Å². The van der Waals surface area contributed by atoms with Crippen LogP contribution in [-0.4, -0.2) is 70.0 Å². The minimum absolute atomic E-state index is 0.0366. The number of phosphoric acid groups is 1. The Morgan fingerprint density at radius 2 is 0.730 bits per heavy atom. The highest BCUT2D eigenvalue weighted by atomic mass is 31.2. The van der Waals surface area contributed by atoms with E-state index in [1.54, 1.807) is 0 Å². The molecule has 0 aromatic heterocycles. The van der Waals surface area contributed by atoms with Gasteiger partial charge in [0.1, 0.15) is 19.8 Å². The standard InChI is InChI=1S/C64H112NO8P/c1-6-8-10-12-14-16-18-20-22-24-26-27-28-29-30-31-32-33-34-35-36-37-39-41-43-45-47-49-51-53-55-57-64(67)73-62(61-72-74(68,69)71-59-58-65(3,4)5)60-70-63(66)56-54-52-50-48-46-44-42-40-38-25-23-21-19-17-15-13-11-9-7-2/h8-11,14-17,20-23,26-27,38,40,62H,6-7,12-13,18-19,24-25,28-37,39,41-61H2,1-5H3/b10-8-,11-9-,16-14-,17-15-,22-20-,23-21-,27-26-,40-38-. The summed E-state index contributed by atoms with van der Waals surface area (Å²) in [5, 5.41) is 0. The quantitative estimate of drug-likeness (QED) is 0.0195. The summed E-state index contributed by atoms with van der Waals surface area (Å²) in [6.07, 6.45) is 74.6. The van der Waals surface area contributed by atoms with Gasteiger partial charge in [0.2, 0.25) is 0 Å². The molecule has 0 heterocycles. The molecular formula is C64H112NO8P. The molecule has 0 bridgehead atoms. The normalized spacial score (nSPS) is 14.0. The molecule has 0 radical (unpaired) electrons. The fourth-order valence-electron chi connectivity index (χ4n) is 8.05. The number of rotatable bonds is 54. The molecule has 0 rings (SSSR count). The Kier molecular flexibility index (Phi) is 52.4. The van der Waals surface area contributed by atoms with Crippen molar-refractivity contribution in [3.05, 3.63) is 97.2 Å². The molecule has 0 saturated carbocycles. The van der Waals surface area contributed by atoms with Gasteiger partial charge >= 0.3 is 11.9 Å². The van der Waals surface area contributed by atoms with Crippen LogP contribution in [0, 0.1) is 0 Å². The van der Waals surface area contributed by atoms with Crippen molar-refractivity contribution >= 4 is 19.8 Å². The number of carbonyl (C=O) groups is 2. The van der Waals surface area contributed by atoms with Gasteiger partial charge in [-0.1, -0.05) is 239 Å². The van der Waals surface area contributed by atoms with Crippen LogP contribution in [0.15, 0.2) is 97.2 Å². The van der Waals surface area contributed by atoms with Crippen LogP contribution in [0.1, 0.15) is 245 Å². The number of quaternary nitrogens is 1. The van der Waals surface area contributed by atoms with E-state index in [2.05, 4.69) is 111 Å². The third kappa shape index (κ3) is 58.2. The number of unbranched alkanes of at least 4 members (excludes halogenated alkanes) is 24. The fraction of sp³-hybridized carbons (Fsp3) is 0.719. The number of likely N-dealkylation sites (N-methyl/N-ethyl adjacent to an activating group) is 1. The summed E-state index contributed by atoms with van der Waals surface area (Å²) in [4.78, 5) is 37.9. The molecule has 0 spiro atoms. The Bertz CT molecular complexity index is 1570. The molecule has 426 valence electrons. The third-order valence-corrected chi connectivity index (χ3v) is 13.6. The number of hydrogen-bond donors (Lipinski definition) is 0. The van der Waals surface area contributed by atoms with Gasteiger partial charge in [-0.25, -0.2) is 0 Å². The van der Waals surface area contributed by atoms with E-state index in [4.69, 9.17) is 18.5 Å². The molecular weight excluding hydrogens is 942 g/mol. The van der Waals surface area contributed by atoms with E-state index >= 15 is 0 Å². The monoisotopic (exact) mass is 1050 g/mol. The van der Waals surface area contributed by atoms with Gasteiger partial charge < -0.3 is 27.9 Å². The van der Waals surface area contributed by atoms with Crippen molar-refractivity contribution in [3.63, 3.8) is 0 Å². The Hall–Kier alpha value is -3.07. The summed E-state index contributed by atoms with van der Waals surface area (Å²) >= 11 is 0. The number of hydrogen-bond acceptors (Lipinski definition) is 8. The first-order chi connectivity index (χ1) is 36.0. The average molecular weight is 1050 g/mol. The third-order valence-electron chi connectivity index (χ3n) is 12.6. The van der Waals surface area contributed by atoms with Gasteiger partial charge in [-0.2, -0.15) is 0 Å². The summed E-state index contributed by atoms with van der Waals surface area (Å²) < 4.78 is 34.2. The first-order valence-corrected chi connectivity index (χ1v) is 31.4. The maximum Gasteiger partial charge on any atom is 0.306 e. The highest BCUT2D eigenvalue weighted by Gasteiger charge is 2.22. The second-order valence-corrected chi connectivity index (χ2v) is 22.4. The van der Waals surface area contributed by atoms with Gasteiger partial charge in [-0.05, 0) is 89.9 Å². The van der Waals surface area contributed by atoms with Gasteiger partial charge in [0.15, 0.2) is 6.10 Å². The Balaban J connectivity index is 4.11. The average Bonchev–Trinajstić information content (AvgIpc) is 3.36. The number of phosphoric ester groups is 1. The van der Waals surface area contributed by atoms with E-state index < -0.39 is 32.5 Å². The number of allylic oxidation sites excluding steroid dienone is 16. The number of nitrogens with zero attached hydrogens (tertiary/aromatic N) is 1. The Morgan fingerprint density at radius 3 is 1.08 bits per heavy atom. The van der Waals surface area contributed by atoms with Crippen molar-refractivity contribution < 1.29 is 42.1 Å². The van der Waals surface area contributed by atoms with Crippen LogP contribution in [0.25, 0.3) is 0 Å². The van der Waals surface area contributed by atoms with Crippen LogP contribution in [0.2, 0.25) is 0 Å². The summed E-state index contributed by atoms with van der Waals surface area (Å²) in [6, 6.07) is 0. The SMILES string of the molecule is CC/C=C\C/C=C\C/C=C\C/C=C\CCCCCCCCCCCCCCCCCCCCC(=O)OC(COC(=O)CCCCCCCC/C=C\C/C=C\C/C=C\C/C=C\CC)COP(=O)([O-])OCC[N+](C)(C)C. The maximum absolute atomic E-state index is 12.8. The molecule has 10 heteroatoms. The van der Waals surface area contributed by atoms with Crippen LogP contribution < -0.4 is 4.89 Å². The highest BCUT2D eigenvalue weighted by molar-refractivity contribution is 7.45. The van der Waals surface area contributed by atoms with E-state index in [1.807, 2.05) is 21.1 Å². The fourth-order valence-corrected chi connectivity index (χ4v) is 8.78. The first-order valence-electron chi connectivity index (χ1n) is 29.9. The van der Waals surface area contributed by atoms with Crippen molar-refractivity contribution in [2.24, 2.45) is 0 Å². The predicted molar refractivity (Wildman–Crippen MR) is 314 cm³/mol. The minimum Gasteiger partial charge on any atom is -0.756 e. The van der Waals surface area contributed by atoms with Gasteiger partial charge in [0, 0.05) is 12.8 Å². The lowest BCUT2D eigenvalue weighted by molar-refractivity contribution is -0.870. The van der Waals surface area contributed by atoms with Crippen molar-refractivity contribution in [3.8, 4) is 0 Å². The molecule has 0 amide bonds. The zero-order valence-corrected chi connectivity index (χ0v) is 49.2. The van der Waals surface area contributed by atoms with Crippen LogP contribution in [0.5, 0.6) is 0 Å². The van der Waals surface area contributed by atoms with Gasteiger partial charge in [0.25, 0.3) is 7.82 Å². The summed E-state index contributed by atoms with van der Waals surface area (Å²) in [5.41, 5.74) is 0. The van der Waals surface area contributed by atoms with Crippen LogP contribution >= 0.6 is 7.82 Å². The van der Waals surface area contributed by atoms with E-state index in [0.717, 1.165) is 109 Å². The molecule has 0 fully saturated rings. The lowest BCUT2D eigenvalue weighted by Gasteiger charge is -2.28. The van der Waals surface area contributed by atoms with Crippen LogP contribution in [0.3, 0.4) is 0 Å². The minimum atomic E-state index is -4.64.